The monoisotopic (exact) mass is 195 g/mol. The fraction of sp³-hybridized carbons (Fsp3) is 0.636. The van der Waals surface area contributed by atoms with Crippen LogP contribution < -0.4 is 5.73 Å². The molecule has 2 heteroatoms. The minimum Gasteiger partial charge on any atom is -0.328 e. The number of nitrogens with two attached hydrogens (primary N) is 1. The predicted octanol–water partition coefficient (Wildman–Crippen LogP) is 2.83. The smallest absolute Gasteiger partial charge is 0.00517 e. The van der Waals surface area contributed by atoms with Crippen molar-refractivity contribution >= 4 is 11.3 Å². The van der Waals surface area contributed by atoms with Crippen molar-refractivity contribution in [3.05, 3.63) is 21.9 Å². The fourth-order valence-corrected chi connectivity index (χ4v) is 3.39. The van der Waals surface area contributed by atoms with Gasteiger partial charge in [-0.1, -0.05) is 6.92 Å². The van der Waals surface area contributed by atoms with Crippen LogP contribution >= 0.6 is 11.3 Å². The number of hydrogen-bond acceptors (Lipinski definition) is 2. The molecule has 1 fully saturated rings. The molecule has 1 aromatic rings. The summed E-state index contributed by atoms with van der Waals surface area (Å²) in [5.74, 6) is 0. The molecule has 0 bridgehead atoms. The zero-order valence-corrected chi connectivity index (χ0v) is 9.16. The van der Waals surface area contributed by atoms with Gasteiger partial charge in [0.2, 0.25) is 0 Å². The van der Waals surface area contributed by atoms with Gasteiger partial charge in [-0.15, -0.1) is 11.3 Å². The summed E-state index contributed by atoms with van der Waals surface area (Å²) in [6.45, 7) is 4.57. The van der Waals surface area contributed by atoms with E-state index in [9.17, 15) is 0 Å². The highest BCUT2D eigenvalue weighted by Crippen LogP contribution is 2.42. The normalized spacial score (nSPS) is 33.9. The molecule has 2 unspecified atom stereocenters. The molecule has 2 atom stereocenters. The van der Waals surface area contributed by atoms with E-state index in [2.05, 4.69) is 25.3 Å². The SMILES string of the molecule is Cc1sccc1C1(C)CCC(N)C1. The van der Waals surface area contributed by atoms with Crippen LogP contribution in [0.5, 0.6) is 0 Å². The lowest BCUT2D eigenvalue weighted by Gasteiger charge is -2.24. The molecule has 2 N–H and O–H groups in total. The summed E-state index contributed by atoms with van der Waals surface area (Å²) in [5, 5.41) is 2.19. The van der Waals surface area contributed by atoms with Crippen LogP contribution in [-0.4, -0.2) is 6.04 Å². The highest BCUT2D eigenvalue weighted by Gasteiger charge is 2.36. The Morgan fingerprint density at radius 3 is 2.85 bits per heavy atom. The Bertz CT molecular complexity index is 305. The number of aryl methyl sites for hydroxylation is 1. The summed E-state index contributed by atoms with van der Waals surface area (Å²) in [6.07, 6.45) is 3.60. The zero-order chi connectivity index (χ0) is 9.47. The van der Waals surface area contributed by atoms with Gasteiger partial charge in [0.05, 0.1) is 0 Å². The first kappa shape index (κ1) is 9.22. The van der Waals surface area contributed by atoms with E-state index in [1.54, 1.807) is 0 Å². The Morgan fingerprint density at radius 1 is 1.62 bits per heavy atom. The Labute approximate surface area is 84.0 Å². The van der Waals surface area contributed by atoms with Crippen molar-refractivity contribution in [1.82, 2.24) is 0 Å². The molecule has 13 heavy (non-hydrogen) atoms. The van der Waals surface area contributed by atoms with Crippen molar-refractivity contribution in [2.24, 2.45) is 5.73 Å². The maximum atomic E-state index is 5.97. The first-order valence-corrected chi connectivity index (χ1v) is 5.80. The second kappa shape index (κ2) is 3.10. The first-order valence-electron chi connectivity index (χ1n) is 4.92. The van der Waals surface area contributed by atoms with Crippen molar-refractivity contribution in [2.45, 2.75) is 44.6 Å². The molecule has 0 saturated heterocycles. The Kier molecular flexibility index (Phi) is 2.20. The minimum absolute atomic E-state index is 0.365. The maximum absolute atomic E-state index is 5.97. The van der Waals surface area contributed by atoms with Gasteiger partial charge in [0, 0.05) is 10.9 Å². The van der Waals surface area contributed by atoms with E-state index >= 15 is 0 Å². The molecule has 0 aliphatic heterocycles. The van der Waals surface area contributed by atoms with E-state index in [1.165, 1.54) is 23.3 Å². The van der Waals surface area contributed by atoms with Crippen LogP contribution in [0.4, 0.5) is 0 Å². The van der Waals surface area contributed by atoms with Gasteiger partial charge in [-0.2, -0.15) is 0 Å². The maximum Gasteiger partial charge on any atom is 0.00517 e. The number of hydrogen-bond donors (Lipinski definition) is 1. The Balaban J connectivity index is 2.30. The number of rotatable bonds is 1. The fourth-order valence-electron chi connectivity index (χ4n) is 2.54. The Hall–Kier alpha value is -0.340. The third kappa shape index (κ3) is 1.53. The van der Waals surface area contributed by atoms with Gasteiger partial charge in [-0.05, 0) is 48.6 Å². The topological polar surface area (TPSA) is 26.0 Å². The molecule has 1 aliphatic rings. The van der Waals surface area contributed by atoms with E-state index in [0.29, 0.717) is 11.5 Å². The standard InChI is InChI=1S/C11H17NS/c1-8-10(4-6-13-8)11(2)5-3-9(12)7-11/h4,6,9H,3,5,7,12H2,1-2H3. The Morgan fingerprint density at radius 2 is 2.38 bits per heavy atom. The van der Waals surface area contributed by atoms with Crippen LogP contribution in [-0.2, 0) is 5.41 Å². The van der Waals surface area contributed by atoms with Crippen LogP contribution in [0, 0.1) is 6.92 Å². The van der Waals surface area contributed by atoms with Gasteiger partial charge >= 0.3 is 0 Å². The second-order valence-electron chi connectivity index (χ2n) is 4.45. The van der Waals surface area contributed by atoms with Crippen LogP contribution in [0.15, 0.2) is 11.4 Å². The highest BCUT2D eigenvalue weighted by atomic mass is 32.1. The van der Waals surface area contributed by atoms with E-state index < -0.39 is 0 Å². The van der Waals surface area contributed by atoms with E-state index in [-0.39, 0.29) is 0 Å². The molecule has 0 spiro atoms. The molecule has 1 aromatic heterocycles. The molecule has 1 aliphatic carbocycles. The zero-order valence-electron chi connectivity index (χ0n) is 8.34. The molecule has 1 nitrogen and oxygen atoms in total. The molecule has 2 rings (SSSR count). The summed E-state index contributed by atoms with van der Waals surface area (Å²) >= 11 is 1.85. The van der Waals surface area contributed by atoms with E-state index in [4.69, 9.17) is 5.73 Å². The van der Waals surface area contributed by atoms with Crippen molar-refractivity contribution < 1.29 is 0 Å². The summed E-state index contributed by atoms with van der Waals surface area (Å²) in [7, 11) is 0. The van der Waals surface area contributed by atoms with Gasteiger partial charge in [-0.25, -0.2) is 0 Å². The van der Waals surface area contributed by atoms with Gasteiger partial charge < -0.3 is 5.73 Å². The van der Waals surface area contributed by atoms with Crippen LogP contribution in [0.3, 0.4) is 0 Å². The van der Waals surface area contributed by atoms with Crippen LogP contribution in [0.1, 0.15) is 36.6 Å². The van der Waals surface area contributed by atoms with E-state index in [0.717, 1.165) is 6.42 Å². The van der Waals surface area contributed by atoms with Gasteiger partial charge in [0.1, 0.15) is 0 Å². The average molecular weight is 195 g/mol. The molecule has 0 radical (unpaired) electrons. The van der Waals surface area contributed by atoms with Crippen molar-refractivity contribution in [3.63, 3.8) is 0 Å². The molecule has 1 heterocycles. The van der Waals surface area contributed by atoms with Crippen LogP contribution in [0.25, 0.3) is 0 Å². The van der Waals surface area contributed by atoms with Gasteiger partial charge in [0.25, 0.3) is 0 Å². The molecular weight excluding hydrogens is 178 g/mol. The molecular formula is C11H17NS. The van der Waals surface area contributed by atoms with Crippen molar-refractivity contribution in [3.8, 4) is 0 Å². The van der Waals surface area contributed by atoms with Gasteiger partial charge in [-0.3, -0.25) is 0 Å². The summed E-state index contributed by atoms with van der Waals surface area (Å²) in [4.78, 5) is 1.47. The number of thiophene rings is 1. The lowest BCUT2D eigenvalue weighted by atomic mass is 9.81. The van der Waals surface area contributed by atoms with Crippen molar-refractivity contribution in [1.29, 1.82) is 0 Å². The quantitative estimate of drug-likeness (QED) is 0.732. The first-order chi connectivity index (χ1) is 6.12. The summed E-state index contributed by atoms with van der Waals surface area (Å²) < 4.78 is 0. The molecule has 72 valence electrons. The second-order valence-corrected chi connectivity index (χ2v) is 5.57. The summed E-state index contributed by atoms with van der Waals surface area (Å²) in [5.41, 5.74) is 7.87. The molecule has 0 amide bonds. The molecule has 0 aromatic carbocycles. The lowest BCUT2D eigenvalue weighted by molar-refractivity contribution is 0.481. The minimum atomic E-state index is 0.365. The predicted molar refractivity (Wildman–Crippen MR) is 58.2 cm³/mol. The largest absolute Gasteiger partial charge is 0.328 e. The van der Waals surface area contributed by atoms with Crippen LogP contribution in [0.2, 0.25) is 0 Å². The molecule has 1 saturated carbocycles. The third-order valence-electron chi connectivity index (χ3n) is 3.29. The summed E-state index contributed by atoms with van der Waals surface area (Å²) in [6, 6.07) is 2.70. The van der Waals surface area contributed by atoms with Crippen molar-refractivity contribution in [2.75, 3.05) is 0 Å². The van der Waals surface area contributed by atoms with E-state index in [1.807, 2.05) is 11.3 Å². The average Bonchev–Trinajstić information content (AvgIpc) is 2.59. The van der Waals surface area contributed by atoms with Gasteiger partial charge in [0.15, 0.2) is 0 Å². The highest BCUT2D eigenvalue weighted by molar-refractivity contribution is 7.10. The lowest BCUT2D eigenvalue weighted by Crippen LogP contribution is -2.22. The third-order valence-corrected chi connectivity index (χ3v) is 4.13.